The molecule has 0 bridgehead atoms. The summed E-state index contributed by atoms with van der Waals surface area (Å²) < 4.78 is 5.63. The van der Waals surface area contributed by atoms with Crippen LogP contribution in [0.1, 0.15) is 38.7 Å². The Hall–Kier alpha value is -2.53. The highest BCUT2D eigenvalue weighted by molar-refractivity contribution is 6.30. The molecule has 29 heavy (non-hydrogen) atoms. The Bertz CT molecular complexity index is 783. The van der Waals surface area contributed by atoms with Crippen molar-refractivity contribution in [2.24, 2.45) is 0 Å². The van der Waals surface area contributed by atoms with Gasteiger partial charge in [0.05, 0.1) is 0 Å². The number of rotatable bonds is 11. The first kappa shape index (κ1) is 22.8. The van der Waals surface area contributed by atoms with Crippen LogP contribution in [0.25, 0.3) is 0 Å². The van der Waals surface area contributed by atoms with Crippen molar-refractivity contribution in [2.45, 2.75) is 45.7 Å². The summed E-state index contributed by atoms with van der Waals surface area (Å²) in [6.45, 7) is 4.78. The average Bonchev–Trinajstić information content (AvgIpc) is 2.73. The fraction of sp³-hybridized carbons (Fsp3) is 0.391. The van der Waals surface area contributed by atoms with Crippen LogP contribution in [-0.2, 0) is 16.1 Å². The molecule has 0 aliphatic rings. The second-order valence-corrected chi connectivity index (χ2v) is 7.26. The number of carbonyl (C=O) groups is 2. The molecule has 0 aromatic heterocycles. The maximum atomic E-state index is 13.0. The molecule has 6 heteroatoms. The summed E-state index contributed by atoms with van der Waals surface area (Å²) in [7, 11) is 0. The van der Waals surface area contributed by atoms with Crippen LogP contribution >= 0.6 is 11.6 Å². The van der Waals surface area contributed by atoms with Gasteiger partial charge in [-0.1, -0.05) is 68.3 Å². The molecule has 2 amide bonds. The molecule has 156 valence electrons. The maximum Gasteiger partial charge on any atom is 0.261 e. The molecule has 2 aromatic carbocycles. The SMILES string of the molecule is CCCCNC(=O)[C@H](CC)N(Cc1ccccc1)C(=O)COc1cccc(Cl)c1. The van der Waals surface area contributed by atoms with Crippen molar-refractivity contribution in [3.63, 3.8) is 0 Å². The lowest BCUT2D eigenvalue weighted by molar-refractivity contribution is -0.143. The third-order valence-corrected chi connectivity index (χ3v) is 4.80. The number of amides is 2. The molecule has 2 aromatic rings. The van der Waals surface area contributed by atoms with E-state index < -0.39 is 6.04 Å². The Kier molecular flexibility index (Phi) is 9.51. The van der Waals surface area contributed by atoms with Crippen LogP contribution in [0.15, 0.2) is 54.6 Å². The zero-order valence-corrected chi connectivity index (χ0v) is 17.8. The first-order valence-corrected chi connectivity index (χ1v) is 10.4. The van der Waals surface area contributed by atoms with Crippen LogP contribution in [0.5, 0.6) is 5.75 Å². The van der Waals surface area contributed by atoms with Gasteiger partial charge in [-0.15, -0.1) is 0 Å². The number of halogens is 1. The predicted molar refractivity (Wildman–Crippen MR) is 116 cm³/mol. The minimum absolute atomic E-state index is 0.131. The molecular weight excluding hydrogens is 388 g/mol. The fourth-order valence-corrected chi connectivity index (χ4v) is 3.17. The molecule has 1 N–H and O–H groups in total. The molecule has 1 atom stereocenters. The van der Waals surface area contributed by atoms with Crippen LogP contribution in [-0.4, -0.2) is 35.9 Å². The zero-order valence-electron chi connectivity index (χ0n) is 17.1. The van der Waals surface area contributed by atoms with E-state index in [0.717, 1.165) is 18.4 Å². The highest BCUT2D eigenvalue weighted by atomic mass is 35.5. The Morgan fingerprint density at radius 2 is 1.86 bits per heavy atom. The number of hydrogen-bond acceptors (Lipinski definition) is 3. The van der Waals surface area contributed by atoms with E-state index in [1.165, 1.54) is 0 Å². The van der Waals surface area contributed by atoms with Crippen molar-refractivity contribution in [3.05, 3.63) is 65.2 Å². The van der Waals surface area contributed by atoms with E-state index in [2.05, 4.69) is 12.2 Å². The van der Waals surface area contributed by atoms with Gasteiger partial charge in [0.25, 0.3) is 5.91 Å². The largest absolute Gasteiger partial charge is 0.484 e. The Balaban J connectivity index is 2.13. The highest BCUT2D eigenvalue weighted by Gasteiger charge is 2.28. The van der Waals surface area contributed by atoms with Crippen LogP contribution < -0.4 is 10.1 Å². The van der Waals surface area contributed by atoms with Crippen molar-refractivity contribution in [2.75, 3.05) is 13.2 Å². The van der Waals surface area contributed by atoms with E-state index in [-0.39, 0.29) is 18.4 Å². The van der Waals surface area contributed by atoms with Crippen molar-refractivity contribution in [3.8, 4) is 5.75 Å². The predicted octanol–water partition coefficient (Wildman–Crippen LogP) is 4.44. The van der Waals surface area contributed by atoms with Gasteiger partial charge < -0.3 is 15.0 Å². The normalized spacial score (nSPS) is 11.6. The van der Waals surface area contributed by atoms with E-state index in [9.17, 15) is 9.59 Å². The first-order valence-electron chi connectivity index (χ1n) is 10.0. The summed E-state index contributed by atoms with van der Waals surface area (Å²) in [6, 6.07) is 16.0. The lowest BCUT2D eigenvalue weighted by Gasteiger charge is -2.30. The lowest BCUT2D eigenvalue weighted by Crippen LogP contribution is -2.50. The molecule has 5 nitrogen and oxygen atoms in total. The summed E-state index contributed by atoms with van der Waals surface area (Å²) >= 11 is 5.98. The number of nitrogens with one attached hydrogen (secondary N) is 1. The van der Waals surface area contributed by atoms with Gasteiger partial charge in [0.1, 0.15) is 11.8 Å². The number of nitrogens with zero attached hydrogens (tertiary/aromatic N) is 1. The van der Waals surface area contributed by atoms with Gasteiger partial charge in [0.15, 0.2) is 6.61 Å². The first-order chi connectivity index (χ1) is 14.0. The second kappa shape index (κ2) is 12.1. The van der Waals surface area contributed by atoms with E-state index in [1.54, 1.807) is 29.2 Å². The van der Waals surface area contributed by atoms with Crippen molar-refractivity contribution >= 4 is 23.4 Å². The third kappa shape index (κ3) is 7.42. The number of unbranched alkanes of at least 4 members (excludes halogenated alkanes) is 1. The standard InChI is InChI=1S/C23H29ClN2O3/c1-3-5-14-25-23(28)21(4-2)26(16-18-10-7-6-8-11-18)22(27)17-29-20-13-9-12-19(24)15-20/h6-13,15,21H,3-5,14,16-17H2,1-2H3,(H,25,28)/t21-/m0/s1. The number of ether oxygens (including phenoxy) is 1. The van der Waals surface area contributed by atoms with Crippen LogP contribution in [0, 0.1) is 0 Å². The van der Waals surface area contributed by atoms with Crippen LogP contribution in [0.3, 0.4) is 0 Å². The Morgan fingerprint density at radius 1 is 1.10 bits per heavy atom. The molecular formula is C23H29ClN2O3. The average molecular weight is 417 g/mol. The van der Waals surface area contributed by atoms with E-state index >= 15 is 0 Å². The Morgan fingerprint density at radius 3 is 2.52 bits per heavy atom. The lowest BCUT2D eigenvalue weighted by atomic mass is 10.1. The molecule has 0 aliphatic carbocycles. The smallest absolute Gasteiger partial charge is 0.261 e. The molecule has 0 spiro atoms. The molecule has 0 fully saturated rings. The molecule has 0 saturated heterocycles. The summed E-state index contributed by atoms with van der Waals surface area (Å²) in [4.78, 5) is 27.4. The van der Waals surface area contributed by atoms with Gasteiger partial charge in [0, 0.05) is 18.1 Å². The van der Waals surface area contributed by atoms with E-state index in [0.29, 0.717) is 30.3 Å². The monoisotopic (exact) mass is 416 g/mol. The molecule has 0 unspecified atom stereocenters. The minimum Gasteiger partial charge on any atom is -0.484 e. The quantitative estimate of drug-likeness (QED) is 0.551. The second-order valence-electron chi connectivity index (χ2n) is 6.82. The third-order valence-electron chi connectivity index (χ3n) is 4.57. The van der Waals surface area contributed by atoms with Gasteiger partial charge >= 0.3 is 0 Å². The van der Waals surface area contributed by atoms with Gasteiger partial charge in [-0.2, -0.15) is 0 Å². The van der Waals surface area contributed by atoms with E-state index in [4.69, 9.17) is 16.3 Å². The van der Waals surface area contributed by atoms with Gasteiger partial charge in [0.2, 0.25) is 5.91 Å². The molecule has 0 radical (unpaired) electrons. The van der Waals surface area contributed by atoms with Gasteiger partial charge in [-0.05, 0) is 36.6 Å². The molecule has 0 saturated carbocycles. The Labute approximate surface area is 178 Å². The number of carbonyl (C=O) groups excluding carboxylic acids is 2. The molecule has 0 heterocycles. The molecule has 0 aliphatic heterocycles. The van der Waals surface area contributed by atoms with Crippen LogP contribution in [0.2, 0.25) is 5.02 Å². The number of hydrogen-bond donors (Lipinski definition) is 1. The minimum atomic E-state index is -0.553. The summed E-state index contributed by atoms with van der Waals surface area (Å²) in [5.74, 6) is 0.144. The van der Waals surface area contributed by atoms with Crippen molar-refractivity contribution in [1.82, 2.24) is 10.2 Å². The van der Waals surface area contributed by atoms with Crippen molar-refractivity contribution < 1.29 is 14.3 Å². The topological polar surface area (TPSA) is 58.6 Å². The van der Waals surface area contributed by atoms with Crippen LogP contribution in [0.4, 0.5) is 0 Å². The summed E-state index contributed by atoms with van der Waals surface area (Å²) in [5, 5.41) is 3.49. The van der Waals surface area contributed by atoms with Gasteiger partial charge in [-0.25, -0.2) is 0 Å². The fourth-order valence-electron chi connectivity index (χ4n) is 2.99. The summed E-state index contributed by atoms with van der Waals surface area (Å²) in [5.41, 5.74) is 0.961. The maximum absolute atomic E-state index is 13.0. The van der Waals surface area contributed by atoms with Crippen molar-refractivity contribution in [1.29, 1.82) is 0 Å². The zero-order chi connectivity index (χ0) is 21.1. The highest BCUT2D eigenvalue weighted by Crippen LogP contribution is 2.18. The molecule has 2 rings (SSSR count). The summed E-state index contributed by atoms with van der Waals surface area (Å²) in [6.07, 6.45) is 2.43. The van der Waals surface area contributed by atoms with E-state index in [1.807, 2.05) is 37.3 Å². The van der Waals surface area contributed by atoms with Gasteiger partial charge in [-0.3, -0.25) is 9.59 Å². The number of benzene rings is 2.